The molecule has 1 amide bonds. The molecule has 1 aromatic heterocycles. The number of carbonyl (C=O) groups is 1. The molecule has 0 aliphatic heterocycles. The summed E-state index contributed by atoms with van der Waals surface area (Å²) >= 11 is 0. The summed E-state index contributed by atoms with van der Waals surface area (Å²) in [5.74, 6) is 0.544. The van der Waals surface area contributed by atoms with Crippen molar-refractivity contribution in [3.05, 3.63) is 53.3 Å². The number of nitrogens with zero attached hydrogens (tertiary/aromatic N) is 3. The second-order valence-electron chi connectivity index (χ2n) is 8.17. The summed E-state index contributed by atoms with van der Waals surface area (Å²) in [6, 6.07) is 12.1. The third-order valence-electron chi connectivity index (χ3n) is 4.72. The molecule has 148 valence electrons. The van der Waals surface area contributed by atoms with Crippen molar-refractivity contribution < 1.29 is 4.79 Å². The van der Waals surface area contributed by atoms with Crippen LogP contribution >= 0.6 is 12.4 Å². The summed E-state index contributed by atoms with van der Waals surface area (Å²) in [4.78, 5) is 15.1. The first-order valence-corrected chi connectivity index (χ1v) is 9.54. The van der Waals surface area contributed by atoms with Gasteiger partial charge in [-0.1, -0.05) is 30.3 Å². The third kappa shape index (κ3) is 5.33. The van der Waals surface area contributed by atoms with E-state index in [0.29, 0.717) is 31.2 Å². The van der Waals surface area contributed by atoms with Gasteiger partial charge < -0.3 is 10.6 Å². The van der Waals surface area contributed by atoms with Crippen molar-refractivity contribution in [2.45, 2.75) is 58.0 Å². The number of halogens is 1. The summed E-state index contributed by atoms with van der Waals surface area (Å²) in [7, 11) is 0. The molecule has 1 aliphatic carbocycles. The Balaban J connectivity index is 0.00000261. The van der Waals surface area contributed by atoms with Crippen LogP contribution in [0.1, 0.15) is 67.7 Å². The lowest BCUT2D eigenvalue weighted by molar-refractivity contribution is 0.0734. The van der Waals surface area contributed by atoms with Crippen molar-refractivity contribution in [3.8, 4) is 0 Å². The fourth-order valence-electron chi connectivity index (χ4n) is 3.21. The highest BCUT2D eigenvalue weighted by atomic mass is 35.5. The zero-order valence-corrected chi connectivity index (χ0v) is 17.3. The minimum atomic E-state index is -0.127. The van der Waals surface area contributed by atoms with Crippen molar-refractivity contribution >= 4 is 18.3 Å². The van der Waals surface area contributed by atoms with Crippen molar-refractivity contribution in [2.24, 2.45) is 5.73 Å². The van der Waals surface area contributed by atoms with Crippen LogP contribution in [0.25, 0.3) is 0 Å². The summed E-state index contributed by atoms with van der Waals surface area (Å²) in [5.41, 5.74) is 8.42. The van der Waals surface area contributed by atoms with Gasteiger partial charge in [-0.25, -0.2) is 0 Å². The molecule has 1 heterocycles. The zero-order chi connectivity index (χ0) is 18.7. The third-order valence-corrected chi connectivity index (χ3v) is 4.72. The monoisotopic (exact) mass is 390 g/mol. The zero-order valence-electron chi connectivity index (χ0n) is 16.5. The molecule has 1 fully saturated rings. The second-order valence-corrected chi connectivity index (χ2v) is 8.17. The topological polar surface area (TPSA) is 64.2 Å². The van der Waals surface area contributed by atoms with E-state index in [1.807, 2.05) is 46.0 Å². The van der Waals surface area contributed by atoms with Gasteiger partial charge in [-0.15, -0.1) is 12.4 Å². The van der Waals surface area contributed by atoms with Gasteiger partial charge in [-0.2, -0.15) is 5.10 Å². The van der Waals surface area contributed by atoms with Gasteiger partial charge in [0.15, 0.2) is 5.69 Å². The maximum absolute atomic E-state index is 13.2. The first-order chi connectivity index (χ1) is 12.4. The number of hydrogen-bond acceptors (Lipinski definition) is 3. The Morgan fingerprint density at radius 2 is 1.93 bits per heavy atom. The second kappa shape index (κ2) is 8.89. The van der Waals surface area contributed by atoms with Crippen molar-refractivity contribution in [2.75, 3.05) is 13.1 Å². The van der Waals surface area contributed by atoms with E-state index in [9.17, 15) is 4.79 Å². The largest absolute Gasteiger partial charge is 0.333 e. The fraction of sp³-hybridized carbons (Fsp3) is 0.524. The molecule has 3 rings (SSSR count). The van der Waals surface area contributed by atoms with E-state index in [1.54, 1.807) is 0 Å². The molecule has 1 saturated carbocycles. The minimum Gasteiger partial charge on any atom is -0.333 e. The van der Waals surface area contributed by atoms with Crippen LogP contribution < -0.4 is 5.73 Å². The Morgan fingerprint density at radius 1 is 1.26 bits per heavy atom. The average molecular weight is 391 g/mol. The summed E-state index contributed by atoms with van der Waals surface area (Å²) < 4.78 is 2.04. The molecule has 1 aliphatic rings. The van der Waals surface area contributed by atoms with Crippen LogP contribution in [0.15, 0.2) is 36.4 Å². The number of hydrogen-bond donors (Lipinski definition) is 1. The van der Waals surface area contributed by atoms with Gasteiger partial charge in [0.1, 0.15) is 0 Å². The molecular formula is C21H31ClN4O. The standard InChI is InChI=1S/C21H30N4O.ClH/c1-21(2,3)25-19(17-10-11-17)14-18(23-25)20(26)24(13-7-12-22)15-16-8-5-4-6-9-16;/h4-6,8-9,14,17H,7,10-13,15,22H2,1-3H3;1H. The van der Waals surface area contributed by atoms with E-state index in [1.165, 1.54) is 18.5 Å². The Hall–Kier alpha value is -1.85. The fourth-order valence-corrected chi connectivity index (χ4v) is 3.21. The quantitative estimate of drug-likeness (QED) is 0.778. The maximum Gasteiger partial charge on any atom is 0.274 e. The number of benzene rings is 1. The predicted molar refractivity (Wildman–Crippen MR) is 111 cm³/mol. The van der Waals surface area contributed by atoms with E-state index >= 15 is 0 Å². The molecule has 2 N–H and O–H groups in total. The van der Waals surface area contributed by atoms with Crippen LogP contribution in [0.5, 0.6) is 0 Å². The highest BCUT2D eigenvalue weighted by molar-refractivity contribution is 5.92. The molecule has 0 saturated heterocycles. The van der Waals surface area contributed by atoms with Gasteiger partial charge in [-0.05, 0) is 58.2 Å². The molecule has 2 aromatic rings. The molecule has 6 heteroatoms. The molecule has 0 spiro atoms. The first kappa shape index (κ1) is 21.5. The molecule has 1 aromatic carbocycles. The highest BCUT2D eigenvalue weighted by Crippen LogP contribution is 2.41. The van der Waals surface area contributed by atoms with E-state index in [0.717, 1.165) is 12.0 Å². The SMILES string of the molecule is CC(C)(C)n1nc(C(=O)N(CCCN)Cc2ccccc2)cc1C1CC1.Cl. The molecular weight excluding hydrogens is 360 g/mol. The lowest BCUT2D eigenvalue weighted by Gasteiger charge is -2.23. The number of aromatic nitrogens is 2. The van der Waals surface area contributed by atoms with Crippen molar-refractivity contribution in [1.82, 2.24) is 14.7 Å². The molecule has 0 radical (unpaired) electrons. The molecule has 27 heavy (non-hydrogen) atoms. The van der Waals surface area contributed by atoms with Crippen LogP contribution in [0, 0.1) is 0 Å². The lowest BCUT2D eigenvalue weighted by Crippen LogP contribution is -2.33. The van der Waals surface area contributed by atoms with E-state index < -0.39 is 0 Å². The smallest absolute Gasteiger partial charge is 0.274 e. The number of nitrogens with two attached hydrogens (primary N) is 1. The maximum atomic E-state index is 13.2. The first-order valence-electron chi connectivity index (χ1n) is 9.54. The van der Waals surface area contributed by atoms with E-state index in [4.69, 9.17) is 10.8 Å². The Labute approximate surface area is 168 Å². The molecule has 5 nitrogen and oxygen atoms in total. The lowest BCUT2D eigenvalue weighted by atomic mass is 10.1. The van der Waals surface area contributed by atoms with Crippen molar-refractivity contribution in [3.63, 3.8) is 0 Å². The molecule has 0 bridgehead atoms. The summed E-state index contributed by atoms with van der Waals surface area (Å²) in [5, 5.41) is 4.71. The summed E-state index contributed by atoms with van der Waals surface area (Å²) in [6.45, 7) is 8.21. The Bertz CT molecular complexity index is 747. The average Bonchev–Trinajstić information content (AvgIpc) is 3.35. The number of carbonyl (C=O) groups excluding carboxylic acids is 1. The normalized spacial score (nSPS) is 13.9. The molecule has 0 atom stereocenters. The van der Waals surface area contributed by atoms with Crippen LogP contribution in [0.3, 0.4) is 0 Å². The van der Waals surface area contributed by atoms with Gasteiger partial charge in [0.05, 0.1) is 5.54 Å². The van der Waals surface area contributed by atoms with Crippen LogP contribution in [-0.2, 0) is 12.1 Å². The van der Waals surface area contributed by atoms with E-state index in [2.05, 4.69) is 20.8 Å². The Morgan fingerprint density at radius 3 is 2.48 bits per heavy atom. The van der Waals surface area contributed by atoms with Crippen LogP contribution in [-0.4, -0.2) is 33.7 Å². The molecule has 0 unspecified atom stereocenters. The number of rotatable bonds is 7. The van der Waals surface area contributed by atoms with Gasteiger partial charge in [-0.3, -0.25) is 9.48 Å². The minimum absolute atomic E-state index is 0. The van der Waals surface area contributed by atoms with E-state index in [-0.39, 0.29) is 23.9 Å². The predicted octanol–water partition coefficient (Wildman–Crippen LogP) is 3.93. The van der Waals surface area contributed by atoms with Gasteiger partial charge in [0.2, 0.25) is 0 Å². The Kier molecular flexibility index (Phi) is 7.06. The summed E-state index contributed by atoms with van der Waals surface area (Å²) in [6.07, 6.45) is 3.17. The van der Waals surface area contributed by atoms with Gasteiger partial charge in [0, 0.05) is 24.7 Å². The van der Waals surface area contributed by atoms with Gasteiger partial charge in [0.25, 0.3) is 5.91 Å². The highest BCUT2D eigenvalue weighted by Gasteiger charge is 2.33. The number of amides is 1. The van der Waals surface area contributed by atoms with Crippen LogP contribution in [0.2, 0.25) is 0 Å². The van der Waals surface area contributed by atoms with Gasteiger partial charge >= 0.3 is 0 Å². The van der Waals surface area contributed by atoms with Crippen molar-refractivity contribution in [1.29, 1.82) is 0 Å². The van der Waals surface area contributed by atoms with Crippen LogP contribution in [0.4, 0.5) is 0 Å².